The summed E-state index contributed by atoms with van der Waals surface area (Å²) in [4.78, 5) is 8.23. The molecule has 0 atom stereocenters. The van der Waals surface area contributed by atoms with Crippen molar-refractivity contribution in [2.75, 3.05) is 19.7 Å². The highest BCUT2D eigenvalue weighted by atomic mass is 16.5. The number of piperidine rings is 1. The Labute approximate surface area is 90.1 Å². The van der Waals surface area contributed by atoms with Gasteiger partial charge in [-0.25, -0.2) is 9.97 Å². The zero-order valence-electron chi connectivity index (χ0n) is 8.85. The van der Waals surface area contributed by atoms with Crippen molar-refractivity contribution in [3.05, 3.63) is 24.3 Å². The Hall–Kier alpha value is -1.00. The van der Waals surface area contributed by atoms with Crippen LogP contribution in [-0.4, -0.2) is 29.7 Å². The van der Waals surface area contributed by atoms with Crippen molar-refractivity contribution in [1.29, 1.82) is 0 Å². The van der Waals surface area contributed by atoms with Crippen molar-refractivity contribution in [3.63, 3.8) is 0 Å². The third-order valence-corrected chi connectivity index (χ3v) is 2.66. The van der Waals surface area contributed by atoms with Crippen LogP contribution in [0.1, 0.15) is 18.7 Å². The summed E-state index contributed by atoms with van der Waals surface area (Å²) in [6.07, 6.45) is 5.93. The highest BCUT2D eigenvalue weighted by molar-refractivity contribution is 4.86. The normalized spacial score (nSPS) is 17.9. The van der Waals surface area contributed by atoms with Crippen molar-refractivity contribution < 1.29 is 4.74 Å². The van der Waals surface area contributed by atoms with Crippen LogP contribution in [0.3, 0.4) is 0 Å². The van der Waals surface area contributed by atoms with Gasteiger partial charge < -0.3 is 10.1 Å². The Balaban J connectivity index is 1.66. The molecule has 0 spiro atoms. The molecule has 1 aliphatic rings. The molecule has 4 nitrogen and oxygen atoms in total. The van der Waals surface area contributed by atoms with Gasteiger partial charge in [0.05, 0.1) is 6.61 Å². The SMILES string of the molecule is c1cnc(COCC2CCNCC2)nc1. The van der Waals surface area contributed by atoms with Gasteiger partial charge in [0.1, 0.15) is 6.61 Å². The summed E-state index contributed by atoms with van der Waals surface area (Å²) in [5, 5.41) is 3.34. The molecule has 0 radical (unpaired) electrons. The van der Waals surface area contributed by atoms with Crippen molar-refractivity contribution in [1.82, 2.24) is 15.3 Å². The Bertz CT molecular complexity index is 272. The zero-order chi connectivity index (χ0) is 10.3. The van der Waals surface area contributed by atoms with E-state index in [1.807, 2.05) is 6.07 Å². The second kappa shape index (κ2) is 5.78. The molecule has 2 rings (SSSR count). The predicted molar refractivity (Wildman–Crippen MR) is 57.3 cm³/mol. The second-order valence-electron chi connectivity index (χ2n) is 3.87. The average Bonchev–Trinajstić information content (AvgIpc) is 2.32. The van der Waals surface area contributed by atoms with Crippen LogP contribution >= 0.6 is 0 Å². The van der Waals surface area contributed by atoms with Gasteiger partial charge in [-0.15, -0.1) is 0 Å². The number of rotatable bonds is 4. The molecule has 0 saturated carbocycles. The summed E-state index contributed by atoms with van der Waals surface area (Å²) in [6, 6.07) is 1.82. The van der Waals surface area contributed by atoms with Gasteiger partial charge in [-0.1, -0.05) is 0 Å². The van der Waals surface area contributed by atoms with Gasteiger partial charge in [0.25, 0.3) is 0 Å². The minimum atomic E-state index is 0.533. The molecule has 0 unspecified atom stereocenters. The van der Waals surface area contributed by atoms with E-state index in [2.05, 4.69) is 15.3 Å². The quantitative estimate of drug-likeness (QED) is 0.800. The Morgan fingerprint density at radius 2 is 2.00 bits per heavy atom. The van der Waals surface area contributed by atoms with E-state index < -0.39 is 0 Å². The fourth-order valence-corrected chi connectivity index (χ4v) is 1.77. The Kier molecular flexibility index (Phi) is 4.05. The number of nitrogens with zero attached hydrogens (tertiary/aromatic N) is 2. The summed E-state index contributed by atoms with van der Waals surface area (Å²) < 4.78 is 5.61. The van der Waals surface area contributed by atoms with Gasteiger partial charge in [-0.3, -0.25) is 0 Å². The second-order valence-corrected chi connectivity index (χ2v) is 3.87. The highest BCUT2D eigenvalue weighted by Crippen LogP contribution is 2.12. The van der Waals surface area contributed by atoms with Crippen LogP contribution in [-0.2, 0) is 11.3 Å². The van der Waals surface area contributed by atoms with Crippen LogP contribution in [0.5, 0.6) is 0 Å². The minimum absolute atomic E-state index is 0.533. The van der Waals surface area contributed by atoms with Crippen LogP contribution in [0.2, 0.25) is 0 Å². The lowest BCUT2D eigenvalue weighted by atomic mass is 9.99. The van der Waals surface area contributed by atoms with E-state index in [9.17, 15) is 0 Å². The first kappa shape index (κ1) is 10.5. The predicted octanol–water partition coefficient (Wildman–Crippen LogP) is 0.993. The Morgan fingerprint density at radius 1 is 1.27 bits per heavy atom. The first-order valence-corrected chi connectivity index (χ1v) is 5.49. The van der Waals surface area contributed by atoms with Crippen LogP contribution in [0.15, 0.2) is 18.5 Å². The van der Waals surface area contributed by atoms with E-state index in [-0.39, 0.29) is 0 Å². The van der Waals surface area contributed by atoms with E-state index >= 15 is 0 Å². The summed E-state index contributed by atoms with van der Waals surface area (Å²) >= 11 is 0. The van der Waals surface area contributed by atoms with Crippen molar-refractivity contribution >= 4 is 0 Å². The van der Waals surface area contributed by atoms with Gasteiger partial charge in [-0.2, -0.15) is 0 Å². The van der Waals surface area contributed by atoms with Gasteiger partial charge in [-0.05, 0) is 37.9 Å². The lowest BCUT2D eigenvalue weighted by Crippen LogP contribution is -2.29. The monoisotopic (exact) mass is 207 g/mol. The number of hydrogen-bond donors (Lipinski definition) is 1. The molecule has 1 aliphatic heterocycles. The van der Waals surface area contributed by atoms with Crippen LogP contribution in [0.4, 0.5) is 0 Å². The maximum atomic E-state index is 5.61. The third-order valence-electron chi connectivity index (χ3n) is 2.66. The van der Waals surface area contributed by atoms with E-state index in [0.29, 0.717) is 12.5 Å². The first-order valence-electron chi connectivity index (χ1n) is 5.49. The molecule has 4 heteroatoms. The van der Waals surface area contributed by atoms with Crippen LogP contribution in [0.25, 0.3) is 0 Å². The summed E-state index contributed by atoms with van der Waals surface area (Å²) in [5.41, 5.74) is 0. The summed E-state index contributed by atoms with van der Waals surface area (Å²) in [6.45, 7) is 3.61. The number of nitrogens with one attached hydrogen (secondary N) is 1. The lowest BCUT2D eigenvalue weighted by molar-refractivity contribution is 0.0723. The number of hydrogen-bond acceptors (Lipinski definition) is 4. The van der Waals surface area contributed by atoms with Crippen molar-refractivity contribution in [2.45, 2.75) is 19.4 Å². The van der Waals surface area contributed by atoms with Gasteiger partial charge >= 0.3 is 0 Å². The molecule has 1 aromatic rings. The number of ether oxygens (including phenoxy) is 1. The van der Waals surface area contributed by atoms with Crippen LogP contribution < -0.4 is 5.32 Å². The number of aromatic nitrogens is 2. The molecule has 0 bridgehead atoms. The van der Waals surface area contributed by atoms with Gasteiger partial charge in [0.15, 0.2) is 5.82 Å². The standard InChI is InChI=1S/C11H17N3O/c1-4-13-11(14-5-1)9-15-8-10-2-6-12-7-3-10/h1,4-5,10,12H,2-3,6-9H2. The molecule has 1 fully saturated rings. The van der Waals surface area contributed by atoms with Crippen LogP contribution in [0, 0.1) is 5.92 Å². The molecule has 82 valence electrons. The molecule has 1 aromatic heterocycles. The molecule has 1 N–H and O–H groups in total. The Morgan fingerprint density at radius 3 is 2.73 bits per heavy atom. The van der Waals surface area contributed by atoms with E-state index in [0.717, 1.165) is 25.5 Å². The minimum Gasteiger partial charge on any atom is -0.373 e. The molecule has 0 aromatic carbocycles. The summed E-state index contributed by atoms with van der Waals surface area (Å²) in [7, 11) is 0. The molecule has 1 saturated heterocycles. The van der Waals surface area contributed by atoms with Crippen molar-refractivity contribution in [3.8, 4) is 0 Å². The fourth-order valence-electron chi connectivity index (χ4n) is 1.77. The molecule has 2 heterocycles. The zero-order valence-corrected chi connectivity index (χ0v) is 8.85. The fraction of sp³-hybridized carbons (Fsp3) is 0.636. The molecular weight excluding hydrogens is 190 g/mol. The largest absolute Gasteiger partial charge is 0.373 e. The van der Waals surface area contributed by atoms with Gasteiger partial charge in [0, 0.05) is 12.4 Å². The highest BCUT2D eigenvalue weighted by Gasteiger charge is 2.12. The molecular formula is C11H17N3O. The summed E-state index contributed by atoms with van der Waals surface area (Å²) in [5.74, 6) is 1.47. The van der Waals surface area contributed by atoms with Gasteiger partial charge in [0.2, 0.25) is 0 Å². The molecule has 0 aliphatic carbocycles. The first-order chi connectivity index (χ1) is 7.45. The molecule has 0 amide bonds. The molecule has 15 heavy (non-hydrogen) atoms. The van der Waals surface area contributed by atoms with E-state index in [4.69, 9.17) is 4.74 Å². The van der Waals surface area contributed by atoms with E-state index in [1.54, 1.807) is 12.4 Å². The maximum absolute atomic E-state index is 5.61. The third kappa shape index (κ3) is 3.57. The average molecular weight is 207 g/mol. The maximum Gasteiger partial charge on any atom is 0.153 e. The lowest BCUT2D eigenvalue weighted by Gasteiger charge is -2.22. The van der Waals surface area contributed by atoms with E-state index in [1.165, 1.54) is 12.8 Å². The smallest absolute Gasteiger partial charge is 0.153 e. The topological polar surface area (TPSA) is 47.0 Å². The van der Waals surface area contributed by atoms with Crippen molar-refractivity contribution in [2.24, 2.45) is 5.92 Å².